The fraction of sp³-hybridized carbons (Fsp3) is 0.156. The second-order valence-corrected chi connectivity index (χ2v) is 9.70. The van der Waals surface area contributed by atoms with Gasteiger partial charge >= 0.3 is 5.97 Å². The number of aliphatic carboxylic acids is 1. The topological polar surface area (TPSA) is 76.2 Å². The molecule has 6 rings (SSSR count). The molecule has 0 aliphatic heterocycles. The third-order valence-electron chi connectivity index (χ3n) is 7.34. The van der Waals surface area contributed by atoms with Gasteiger partial charge in [0.1, 0.15) is 0 Å². The number of carboxylic acid groups (broad SMARTS) is 1. The molecule has 0 radical (unpaired) electrons. The minimum absolute atomic E-state index is 0.625. The number of nitrogens with zero attached hydrogens (tertiary/aromatic N) is 2. The Kier molecular flexibility index (Phi) is 5.68. The molecule has 5 aromatic rings. The van der Waals surface area contributed by atoms with Crippen molar-refractivity contribution >= 4 is 5.97 Å². The molecule has 2 heterocycles. The maximum Gasteiger partial charge on any atom is 0.314 e. The second-order valence-electron chi connectivity index (χ2n) is 9.70. The lowest BCUT2D eigenvalue weighted by molar-refractivity contribution is -0.140. The van der Waals surface area contributed by atoms with Crippen LogP contribution >= 0.6 is 0 Å². The average molecular weight is 487 g/mol. The molecular weight excluding hydrogens is 460 g/mol. The molecule has 3 aromatic carbocycles. The summed E-state index contributed by atoms with van der Waals surface area (Å²) in [5.74, 6) is 0.0215. The summed E-state index contributed by atoms with van der Waals surface area (Å²) in [6.45, 7) is 1.96. The molecule has 5 nitrogen and oxygen atoms in total. The highest BCUT2D eigenvalue weighted by Gasteiger charge is 2.51. The van der Waals surface area contributed by atoms with Crippen molar-refractivity contribution in [3.8, 4) is 33.6 Å². The van der Waals surface area contributed by atoms with E-state index in [1.165, 1.54) is 0 Å². The normalized spacial score (nSPS) is 13.9. The lowest BCUT2D eigenvalue weighted by atomic mass is 9.93. The van der Waals surface area contributed by atoms with E-state index >= 15 is 0 Å². The number of aromatic nitrogens is 2. The molecule has 0 saturated heterocycles. The van der Waals surface area contributed by atoms with Crippen LogP contribution in [0.4, 0.5) is 0 Å². The Morgan fingerprint density at radius 3 is 2.11 bits per heavy atom. The lowest BCUT2D eigenvalue weighted by Gasteiger charge is -2.11. The summed E-state index contributed by atoms with van der Waals surface area (Å²) in [4.78, 5) is 16.2. The first kappa shape index (κ1) is 22.9. The second kappa shape index (κ2) is 9.17. The Balaban J connectivity index is 1.24. The molecule has 1 aliphatic carbocycles. The minimum Gasteiger partial charge on any atom is -0.481 e. The number of pyridine rings is 1. The summed E-state index contributed by atoms with van der Waals surface area (Å²) in [5.41, 5.74) is 8.40. The zero-order chi connectivity index (χ0) is 25.4. The molecule has 1 N–H and O–H groups in total. The lowest BCUT2D eigenvalue weighted by Crippen LogP contribution is -2.19. The third kappa shape index (κ3) is 4.33. The van der Waals surface area contributed by atoms with Crippen molar-refractivity contribution in [2.24, 2.45) is 0 Å². The molecule has 1 saturated carbocycles. The summed E-state index contributed by atoms with van der Waals surface area (Å²) in [5, 5.41) is 13.8. The first-order valence-electron chi connectivity index (χ1n) is 12.4. The predicted molar refractivity (Wildman–Crippen MR) is 143 cm³/mol. The first-order valence-corrected chi connectivity index (χ1v) is 12.4. The molecule has 2 aromatic heterocycles. The van der Waals surface area contributed by atoms with E-state index in [4.69, 9.17) is 4.52 Å². The molecule has 0 amide bonds. The van der Waals surface area contributed by atoms with Crippen LogP contribution < -0.4 is 0 Å². The average Bonchev–Trinajstić information content (AvgIpc) is 3.69. The van der Waals surface area contributed by atoms with E-state index < -0.39 is 11.4 Å². The monoisotopic (exact) mass is 486 g/mol. The Labute approximate surface area is 215 Å². The largest absolute Gasteiger partial charge is 0.481 e. The Morgan fingerprint density at radius 2 is 1.46 bits per heavy atom. The molecule has 0 unspecified atom stereocenters. The van der Waals surface area contributed by atoms with Crippen LogP contribution in [0, 0.1) is 6.92 Å². The van der Waals surface area contributed by atoms with Gasteiger partial charge in [-0.05, 0) is 59.7 Å². The van der Waals surface area contributed by atoms with Crippen LogP contribution in [0.2, 0.25) is 0 Å². The van der Waals surface area contributed by atoms with Gasteiger partial charge in [-0.3, -0.25) is 9.78 Å². The Hall–Kier alpha value is -4.51. The van der Waals surface area contributed by atoms with Gasteiger partial charge in [-0.2, -0.15) is 0 Å². The molecule has 182 valence electrons. The van der Waals surface area contributed by atoms with Gasteiger partial charge in [-0.15, -0.1) is 0 Å². The van der Waals surface area contributed by atoms with Crippen molar-refractivity contribution in [1.29, 1.82) is 0 Å². The van der Waals surface area contributed by atoms with Crippen molar-refractivity contribution in [2.45, 2.75) is 31.6 Å². The Bertz CT molecular complexity index is 1570. The van der Waals surface area contributed by atoms with Crippen LogP contribution in [0.3, 0.4) is 0 Å². The van der Waals surface area contributed by atoms with E-state index in [1.807, 2.05) is 73.8 Å². The SMILES string of the molecule is Cc1noc(-c2ccc(-c3ccc(C4(C(=O)O)CC4)cc3)cc2)c1Cc1cc(-c2ccccc2)ccn1. The van der Waals surface area contributed by atoms with Crippen LogP contribution in [0.25, 0.3) is 33.6 Å². The number of rotatable bonds is 7. The van der Waals surface area contributed by atoms with Crippen molar-refractivity contribution in [3.05, 3.63) is 120 Å². The fourth-order valence-electron chi connectivity index (χ4n) is 4.94. The van der Waals surface area contributed by atoms with E-state index in [9.17, 15) is 9.90 Å². The smallest absolute Gasteiger partial charge is 0.314 e. The minimum atomic E-state index is -0.732. The van der Waals surface area contributed by atoms with Crippen LogP contribution in [-0.2, 0) is 16.6 Å². The van der Waals surface area contributed by atoms with E-state index in [0.717, 1.165) is 56.1 Å². The van der Waals surface area contributed by atoms with E-state index in [2.05, 4.69) is 40.5 Å². The third-order valence-corrected chi connectivity index (χ3v) is 7.34. The van der Waals surface area contributed by atoms with Gasteiger partial charge in [-0.1, -0.05) is 84.0 Å². The molecular formula is C32H26N2O3. The van der Waals surface area contributed by atoms with Crippen molar-refractivity contribution in [3.63, 3.8) is 0 Å². The molecule has 0 spiro atoms. The van der Waals surface area contributed by atoms with Gasteiger partial charge in [0.25, 0.3) is 0 Å². The molecule has 0 bridgehead atoms. The number of benzene rings is 3. The molecule has 0 atom stereocenters. The van der Waals surface area contributed by atoms with Crippen molar-refractivity contribution < 1.29 is 14.4 Å². The zero-order valence-corrected chi connectivity index (χ0v) is 20.5. The summed E-state index contributed by atoms with van der Waals surface area (Å²) in [6.07, 6.45) is 3.89. The van der Waals surface area contributed by atoms with E-state index in [0.29, 0.717) is 19.3 Å². The highest BCUT2D eigenvalue weighted by atomic mass is 16.5. The maximum absolute atomic E-state index is 11.6. The molecule has 1 fully saturated rings. The van der Waals surface area contributed by atoms with Gasteiger partial charge < -0.3 is 9.63 Å². The zero-order valence-electron chi connectivity index (χ0n) is 20.5. The van der Waals surface area contributed by atoms with Gasteiger partial charge in [0.15, 0.2) is 5.76 Å². The number of carboxylic acids is 1. The summed E-state index contributed by atoms with van der Waals surface area (Å²) >= 11 is 0. The highest BCUT2D eigenvalue weighted by Crippen LogP contribution is 2.48. The predicted octanol–water partition coefficient (Wildman–Crippen LogP) is 7.09. The number of carbonyl (C=O) groups is 1. The van der Waals surface area contributed by atoms with E-state index in [-0.39, 0.29) is 0 Å². The molecule has 5 heteroatoms. The standard InChI is InChI=1S/C32H26N2O3/c1-21-29(20-28-19-26(15-18-33-28)22-5-3-2-4-6-22)30(37-34-21)25-9-7-23(8-10-25)24-11-13-27(14-12-24)32(16-17-32)31(35)36/h2-15,18-19H,16-17,20H2,1H3,(H,35,36). The van der Waals surface area contributed by atoms with E-state index in [1.54, 1.807) is 0 Å². The van der Waals surface area contributed by atoms with Crippen molar-refractivity contribution in [1.82, 2.24) is 10.1 Å². The first-order chi connectivity index (χ1) is 18.0. The number of hydrogen-bond acceptors (Lipinski definition) is 4. The van der Waals surface area contributed by atoms with Gasteiger partial charge in [0.2, 0.25) is 0 Å². The number of hydrogen-bond donors (Lipinski definition) is 1. The molecule has 1 aliphatic rings. The summed E-state index contributed by atoms with van der Waals surface area (Å²) < 4.78 is 5.76. The van der Waals surface area contributed by atoms with Gasteiger partial charge in [0.05, 0.1) is 11.1 Å². The van der Waals surface area contributed by atoms with Crippen LogP contribution in [0.1, 0.15) is 35.4 Å². The van der Waals surface area contributed by atoms with Crippen LogP contribution in [-0.4, -0.2) is 21.2 Å². The van der Waals surface area contributed by atoms with Gasteiger partial charge in [0, 0.05) is 29.4 Å². The highest BCUT2D eigenvalue weighted by molar-refractivity contribution is 5.85. The van der Waals surface area contributed by atoms with Gasteiger partial charge in [-0.25, -0.2) is 0 Å². The maximum atomic E-state index is 11.6. The quantitative estimate of drug-likeness (QED) is 0.266. The van der Waals surface area contributed by atoms with Crippen LogP contribution in [0.15, 0.2) is 102 Å². The van der Waals surface area contributed by atoms with Crippen LogP contribution in [0.5, 0.6) is 0 Å². The number of aryl methyl sites for hydroxylation is 1. The molecule has 37 heavy (non-hydrogen) atoms. The Morgan fingerprint density at radius 1 is 0.838 bits per heavy atom. The van der Waals surface area contributed by atoms with Crippen molar-refractivity contribution in [2.75, 3.05) is 0 Å². The fourth-order valence-corrected chi connectivity index (χ4v) is 4.94. The summed E-state index contributed by atoms with van der Waals surface area (Å²) in [6, 6.07) is 30.5. The summed E-state index contributed by atoms with van der Waals surface area (Å²) in [7, 11) is 0.